The van der Waals surface area contributed by atoms with Crippen molar-refractivity contribution in [3.63, 3.8) is 0 Å². The van der Waals surface area contributed by atoms with Crippen LogP contribution in [0.4, 0.5) is 0 Å². The number of aryl methyl sites for hydroxylation is 1. The topological polar surface area (TPSA) is 80.0 Å². The van der Waals surface area contributed by atoms with Gasteiger partial charge >= 0.3 is 0 Å². The van der Waals surface area contributed by atoms with Gasteiger partial charge in [-0.1, -0.05) is 42.0 Å². The molecule has 186 valence electrons. The van der Waals surface area contributed by atoms with E-state index in [1.54, 1.807) is 36.4 Å². The SMILES string of the molecule is Cc1cccc(COc2ccc(/C(O)=C3\C(=O)C(=O)N(Cc4ccco4)C3c3ccc(I)cc3)cc2)c1. The van der Waals surface area contributed by atoms with Crippen LogP contribution in [0.1, 0.15) is 34.1 Å². The van der Waals surface area contributed by atoms with Crippen LogP contribution in [0.15, 0.2) is 101 Å². The highest BCUT2D eigenvalue weighted by atomic mass is 127. The summed E-state index contributed by atoms with van der Waals surface area (Å²) in [6.45, 7) is 2.55. The van der Waals surface area contributed by atoms with Crippen molar-refractivity contribution >= 4 is 40.0 Å². The lowest BCUT2D eigenvalue weighted by molar-refractivity contribution is -0.140. The number of hydrogen-bond acceptors (Lipinski definition) is 5. The molecule has 0 saturated carbocycles. The second kappa shape index (κ2) is 10.6. The molecule has 1 saturated heterocycles. The van der Waals surface area contributed by atoms with Crippen molar-refractivity contribution < 1.29 is 23.8 Å². The van der Waals surface area contributed by atoms with E-state index in [0.29, 0.717) is 23.7 Å². The number of carbonyl (C=O) groups is 2. The summed E-state index contributed by atoms with van der Waals surface area (Å²) in [4.78, 5) is 27.7. The molecular weight excluding hydrogens is 581 g/mol. The van der Waals surface area contributed by atoms with E-state index >= 15 is 0 Å². The monoisotopic (exact) mass is 605 g/mol. The first-order valence-electron chi connectivity index (χ1n) is 11.8. The van der Waals surface area contributed by atoms with Crippen LogP contribution in [0.5, 0.6) is 5.75 Å². The molecule has 7 heteroatoms. The molecule has 1 aliphatic heterocycles. The number of halogens is 1. The zero-order valence-electron chi connectivity index (χ0n) is 20.1. The number of furan rings is 1. The molecule has 1 atom stereocenters. The number of amides is 1. The Balaban J connectivity index is 1.46. The first kappa shape index (κ1) is 24.8. The second-order valence-electron chi connectivity index (χ2n) is 8.86. The van der Waals surface area contributed by atoms with Crippen LogP contribution < -0.4 is 4.74 Å². The Morgan fingerprint density at radius 1 is 1.00 bits per heavy atom. The highest BCUT2D eigenvalue weighted by Gasteiger charge is 2.46. The number of Topliss-reactive ketones (excluding diaryl/α,β-unsaturated/α-hetero) is 1. The average Bonchev–Trinajstić information content (AvgIpc) is 3.50. The Morgan fingerprint density at radius 2 is 1.76 bits per heavy atom. The molecule has 0 radical (unpaired) electrons. The van der Waals surface area contributed by atoms with Gasteiger partial charge in [-0.3, -0.25) is 9.59 Å². The maximum Gasteiger partial charge on any atom is 0.296 e. The molecular formula is C30H24INO5. The number of carbonyl (C=O) groups excluding carboxylic acids is 2. The zero-order valence-corrected chi connectivity index (χ0v) is 22.2. The summed E-state index contributed by atoms with van der Waals surface area (Å²) in [6.07, 6.45) is 1.52. The lowest BCUT2D eigenvalue weighted by Crippen LogP contribution is -2.29. The third kappa shape index (κ3) is 5.32. The minimum Gasteiger partial charge on any atom is -0.507 e. The fraction of sp³-hybridized carbons (Fsp3) is 0.133. The number of rotatable bonds is 7. The Labute approximate surface area is 228 Å². The van der Waals surface area contributed by atoms with Gasteiger partial charge in [-0.05, 0) is 89.2 Å². The fourth-order valence-electron chi connectivity index (χ4n) is 4.44. The lowest BCUT2D eigenvalue weighted by Gasteiger charge is -2.24. The van der Waals surface area contributed by atoms with Crippen LogP contribution in [-0.2, 0) is 22.7 Å². The van der Waals surface area contributed by atoms with Gasteiger partial charge in [0, 0.05) is 9.13 Å². The average molecular weight is 605 g/mol. The smallest absolute Gasteiger partial charge is 0.296 e. The maximum atomic E-state index is 13.2. The lowest BCUT2D eigenvalue weighted by atomic mass is 9.95. The number of nitrogens with zero attached hydrogens (tertiary/aromatic N) is 1. The summed E-state index contributed by atoms with van der Waals surface area (Å²) < 4.78 is 12.3. The molecule has 1 N–H and O–H groups in total. The number of ether oxygens (including phenoxy) is 1. The van der Waals surface area contributed by atoms with Gasteiger partial charge in [-0.2, -0.15) is 0 Å². The van der Waals surface area contributed by atoms with E-state index < -0.39 is 17.7 Å². The Hall–Kier alpha value is -3.85. The van der Waals surface area contributed by atoms with Gasteiger partial charge in [-0.25, -0.2) is 0 Å². The molecule has 5 rings (SSSR count). The highest BCUT2D eigenvalue weighted by molar-refractivity contribution is 14.1. The molecule has 1 unspecified atom stereocenters. The van der Waals surface area contributed by atoms with Crippen LogP contribution in [0.3, 0.4) is 0 Å². The zero-order chi connectivity index (χ0) is 25.9. The van der Waals surface area contributed by atoms with E-state index in [2.05, 4.69) is 28.7 Å². The van der Waals surface area contributed by atoms with Gasteiger partial charge in [0.15, 0.2) is 0 Å². The second-order valence-corrected chi connectivity index (χ2v) is 10.1. The number of ketones is 1. The molecule has 1 amide bonds. The van der Waals surface area contributed by atoms with Crippen LogP contribution >= 0.6 is 22.6 Å². The quantitative estimate of drug-likeness (QED) is 0.114. The van der Waals surface area contributed by atoms with Crippen molar-refractivity contribution in [1.82, 2.24) is 4.90 Å². The van der Waals surface area contributed by atoms with Gasteiger partial charge in [0.2, 0.25) is 0 Å². The van der Waals surface area contributed by atoms with Gasteiger partial charge in [0.1, 0.15) is 23.9 Å². The Bertz CT molecular complexity index is 1460. The van der Waals surface area contributed by atoms with Crippen LogP contribution in [0.2, 0.25) is 0 Å². The third-order valence-electron chi connectivity index (χ3n) is 6.25. The van der Waals surface area contributed by atoms with Crippen molar-refractivity contribution in [1.29, 1.82) is 0 Å². The summed E-state index contributed by atoms with van der Waals surface area (Å²) >= 11 is 2.20. The molecule has 3 aromatic carbocycles. The van der Waals surface area contributed by atoms with Crippen LogP contribution in [-0.4, -0.2) is 21.7 Å². The number of likely N-dealkylation sites (tertiary alicyclic amines) is 1. The summed E-state index contributed by atoms with van der Waals surface area (Å²) in [5.41, 5.74) is 3.42. The molecule has 4 aromatic rings. The summed E-state index contributed by atoms with van der Waals surface area (Å²) in [6, 6.07) is 25.2. The molecule has 6 nitrogen and oxygen atoms in total. The first-order chi connectivity index (χ1) is 17.9. The van der Waals surface area contributed by atoms with Crippen molar-refractivity contribution in [3.05, 3.63) is 128 Å². The predicted molar refractivity (Wildman–Crippen MR) is 148 cm³/mol. The van der Waals surface area contributed by atoms with Crippen molar-refractivity contribution in [2.75, 3.05) is 0 Å². The fourth-order valence-corrected chi connectivity index (χ4v) is 4.80. The highest BCUT2D eigenvalue weighted by Crippen LogP contribution is 2.40. The molecule has 0 aliphatic carbocycles. The Kier molecular flexibility index (Phi) is 7.14. The molecule has 2 heterocycles. The van der Waals surface area contributed by atoms with Gasteiger partial charge in [-0.15, -0.1) is 0 Å². The van der Waals surface area contributed by atoms with Crippen molar-refractivity contribution in [3.8, 4) is 5.75 Å². The largest absolute Gasteiger partial charge is 0.507 e. The summed E-state index contributed by atoms with van der Waals surface area (Å²) in [5, 5.41) is 11.3. The number of hydrogen-bond donors (Lipinski definition) is 1. The van der Waals surface area contributed by atoms with E-state index in [1.807, 2.05) is 49.4 Å². The number of aliphatic hydroxyl groups is 1. The minimum absolute atomic E-state index is 0.0474. The normalized spacial score (nSPS) is 16.8. The summed E-state index contributed by atoms with van der Waals surface area (Å²) in [7, 11) is 0. The van der Waals surface area contributed by atoms with Crippen LogP contribution in [0.25, 0.3) is 5.76 Å². The van der Waals surface area contributed by atoms with E-state index in [-0.39, 0.29) is 17.9 Å². The maximum absolute atomic E-state index is 13.2. The minimum atomic E-state index is -0.751. The third-order valence-corrected chi connectivity index (χ3v) is 6.97. The molecule has 0 bridgehead atoms. The predicted octanol–water partition coefficient (Wildman–Crippen LogP) is 6.39. The molecule has 1 aliphatic rings. The van der Waals surface area contributed by atoms with E-state index in [9.17, 15) is 14.7 Å². The molecule has 1 fully saturated rings. The van der Waals surface area contributed by atoms with Crippen LogP contribution in [0, 0.1) is 10.5 Å². The summed E-state index contributed by atoms with van der Waals surface area (Å²) in [5.74, 6) is -0.459. The van der Waals surface area contributed by atoms with Gasteiger partial charge < -0.3 is 19.2 Å². The van der Waals surface area contributed by atoms with E-state index in [1.165, 1.54) is 11.2 Å². The van der Waals surface area contributed by atoms with E-state index in [0.717, 1.165) is 20.3 Å². The van der Waals surface area contributed by atoms with Gasteiger partial charge in [0.25, 0.3) is 11.7 Å². The Morgan fingerprint density at radius 3 is 2.43 bits per heavy atom. The number of aliphatic hydroxyl groups excluding tert-OH is 1. The van der Waals surface area contributed by atoms with E-state index in [4.69, 9.17) is 9.15 Å². The molecule has 37 heavy (non-hydrogen) atoms. The standard InChI is InChI=1S/C30H24INO5/c1-19-4-2-5-20(16-19)18-37-24-13-9-22(10-14-24)28(33)26-27(21-7-11-23(31)12-8-21)32(30(35)29(26)34)17-25-6-3-15-36-25/h2-16,27,33H,17-18H2,1H3/b28-26+. The molecule has 0 spiro atoms. The first-order valence-corrected chi connectivity index (χ1v) is 12.8. The van der Waals surface area contributed by atoms with Crippen molar-refractivity contribution in [2.24, 2.45) is 0 Å². The molecule has 1 aromatic heterocycles. The van der Waals surface area contributed by atoms with Gasteiger partial charge in [0.05, 0.1) is 24.4 Å². The number of benzene rings is 3. The van der Waals surface area contributed by atoms with Crippen molar-refractivity contribution in [2.45, 2.75) is 26.1 Å².